The number of aliphatic hydroxyl groups is 1. The largest absolute Gasteiger partial charge is 0.515 e. The van der Waals surface area contributed by atoms with Crippen molar-refractivity contribution >= 4 is 21.7 Å². The Balaban J connectivity index is 1.72. The Kier molecular flexibility index (Phi) is 5.09. The third kappa shape index (κ3) is 3.18. The van der Waals surface area contributed by atoms with E-state index in [1.54, 1.807) is 0 Å². The number of Topliss-reactive ketones (excluding diaryl/α,β-unsaturated/α-hetero) is 1. The summed E-state index contributed by atoms with van der Waals surface area (Å²) in [7, 11) is 0. The topological polar surface area (TPSA) is 55.1 Å². The normalized spacial score (nSPS) is 26.5. The number of benzene rings is 2. The Morgan fingerprint density at radius 3 is 2.65 bits per heavy atom. The summed E-state index contributed by atoms with van der Waals surface area (Å²) in [5, 5.41) is 14.8. The lowest BCUT2D eigenvalue weighted by Gasteiger charge is -2.50. The van der Waals surface area contributed by atoms with E-state index >= 15 is 0 Å². The lowest BCUT2D eigenvalue weighted by Crippen LogP contribution is -2.51. The molecule has 3 aromatic rings. The predicted molar refractivity (Wildman–Crippen MR) is 124 cm³/mol. The van der Waals surface area contributed by atoms with Crippen LogP contribution in [0.2, 0.25) is 0 Å². The zero-order valence-corrected chi connectivity index (χ0v) is 19.0. The molecule has 0 bridgehead atoms. The van der Waals surface area contributed by atoms with Crippen molar-refractivity contribution in [3.8, 4) is 0 Å². The Hall–Kier alpha value is -2.66. The molecule has 31 heavy (non-hydrogen) atoms. The number of aliphatic hydroxyl groups excluding tert-OH is 1. The van der Waals surface area contributed by atoms with Crippen LogP contribution in [0.3, 0.4) is 0 Å². The highest BCUT2D eigenvalue weighted by Crippen LogP contribution is 2.56. The number of allylic oxidation sites excluding steroid dienone is 1. The smallest absolute Gasteiger partial charge is 0.165 e. The Morgan fingerprint density at radius 1 is 1.19 bits per heavy atom. The minimum absolute atomic E-state index is 0.0708. The zero-order valence-electron chi connectivity index (χ0n) is 17.5. The second-order valence-corrected chi connectivity index (χ2v) is 9.68. The first-order chi connectivity index (χ1) is 15.0. The third-order valence-corrected chi connectivity index (χ3v) is 7.72. The number of aryl methyl sites for hydroxylation is 1. The number of aromatic nitrogens is 2. The van der Waals surface area contributed by atoms with Gasteiger partial charge >= 0.3 is 0 Å². The fourth-order valence-corrected chi connectivity index (χ4v) is 6.06. The molecule has 0 amide bonds. The summed E-state index contributed by atoms with van der Waals surface area (Å²) in [5.41, 5.74) is 4.93. The first kappa shape index (κ1) is 20.3. The van der Waals surface area contributed by atoms with Gasteiger partial charge in [-0.1, -0.05) is 65.3 Å². The van der Waals surface area contributed by atoms with Crippen LogP contribution in [0.25, 0.3) is 0 Å². The number of hydrogen-bond donors (Lipinski definition) is 1. The predicted octanol–water partition coefficient (Wildman–Crippen LogP) is 5.59. The van der Waals surface area contributed by atoms with Gasteiger partial charge in [-0.25, -0.2) is 0 Å². The minimum atomic E-state index is -0.386. The molecule has 1 fully saturated rings. The monoisotopic (exact) mass is 476 g/mol. The molecular formula is C26H25BrN2O2. The van der Waals surface area contributed by atoms with E-state index in [2.05, 4.69) is 69.1 Å². The molecule has 1 aromatic heterocycles. The van der Waals surface area contributed by atoms with E-state index in [9.17, 15) is 9.90 Å². The van der Waals surface area contributed by atoms with E-state index in [4.69, 9.17) is 5.10 Å². The summed E-state index contributed by atoms with van der Waals surface area (Å²) in [4.78, 5) is 13.0. The summed E-state index contributed by atoms with van der Waals surface area (Å²) >= 11 is 3.51. The third-order valence-electron chi connectivity index (χ3n) is 7.19. The van der Waals surface area contributed by atoms with Crippen molar-refractivity contribution in [3.05, 3.63) is 99.5 Å². The lowest BCUT2D eigenvalue weighted by atomic mass is 9.52. The van der Waals surface area contributed by atoms with Gasteiger partial charge in [0.05, 0.1) is 24.7 Å². The maximum Gasteiger partial charge on any atom is 0.165 e. The van der Waals surface area contributed by atoms with Crippen LogP contribution in [-0.2, 0) is 23.2 Å². The first-order valence-electron chi connectivity index (χ1n) is 10.8. The number of fused-ring (bicyclic) bond motifs is 3. The summed E-state index contributed by atoms with van der Waals surface area (Å²) in [6, 6.07) is 18.8. The number of carbonyl (C=O) groups excluding carboxylic acids is 1. The van der Waals surface area contributed by atoms with E-state index < -0.39 is 0 Å². The molecule has 158 valence electrons. The maximum atomic E-state index is 13.0. The van der Waals surface area contributed by atoms with Gasteiger partial charge in [0, 0.05) is 21.4 Å². The number of nitrogens with zero attached hydrogens (tertiary/aromatic N) is 2. The number of hydrogen-bond acceptors (Lipinski definition) is 3. The molecule has 0 radical (unpaired) electrons. The highest BCUT2D eigenvalue weighted by molar-refractivity contribution is 9.10. The molecule has 2 aliphatic carbocycles. The SMILES string of the molecule is C[C@@H]1C(=O)C(=CO)C[C@]2(c3ccccc3)c3c(cnn3Cc3ccc(Br)cc3)CC[C@@H]12. The van der Waals surface area contributed by atoms with Gasteiger partial charge in [-0.15, -0.1) is 0 Å². The molecule has 1 saturated carbocycles. The average Bonchev–Trinajstić information content (AvgIpc) is 3.21. The molecule has 5 heteroatoms. The Morgan fingerprint density at radius 2 is 1.94 bits per heavy atom. The van der Waals surface area contributed by atoms with Crippen molar-refractivity contribution in [2.24, 2.45) is 11.8 Å². The van der Waals surface area contributed by atoms with Crippen LogP contribution in [0.4, 0.5) is 0 Å². The molecule has 1 N–H and O–H groups in total. The second-order valence-electron chi connectivity index (χ2n) is 8.77. The molecule has 0 saturated heterocycles. The van der Waals surface area contributed by atoms with E-state index in [1.807, 2.05) is 19.2 Å². The van der Waals surface area contributed by atoms with Crippen molar-refractivity contribution in [1.29, 1.82) is 0 Å². The van der Waals surface area contributed by atoms with Crippen molar-refractivity contribution in [3.63, 3.8) is 0 Å². The van der Waals surface area contributed by atoms with Crippen molar-refractivity contribution in [1.82, 2.24) is 9.78 Å². The van der Waals surface area contributed by atoms with Crippen LogP contribution < -0.4 is 0 Å². The highest BCUT2D eigenvalue weighted by atomic mass is 79.9. The second kappa shape index (κ2) is 7.79. The van der Waals surface area contributed by atoms with E-state index in [0.717, 1.165) is 23.6 Å². The van der Waals surface area contributed by atoms with Gasteiger partial charge in [-0.2, -0.15) is 5.10 Å². The van der Waals surface area contributed by atoms with E-state index in [1.165, 1.54) is 22.4 Å². The van der Waals surface area contributed by atoms with Gasteiger partial charge in [0.2, 0.25) is 0 Å². The Bertz CT molecular complexity index is 1150. The van der Waals surface area contributed by atoms with Crippen LogP contribution in [0, 0.1) is 11.8 Å². The summed E-state index contributed by atoms with van der Waals surface area (Å²) in [5.74, 6) is 0.0805. The lowest BCUT2D eigenvalue weighted by molar-refractivity contribution is -0.123. The summed E-state index contributed by atoms with van der Waals surface area (Å²) < 4.78 is 3.17. The minimum Gasteiger partial charge on any atom is -0.515 e. The van der Waals surface area contributed by atoms with E-state index in [-0.39, 0.29) is 23.0 Å². The quantitative estimate of drug-likeness (QED) is 0.395. The van der Waals surface area contributed by atoms with Gasteiger partial charge in [0.25, 0.3) is 0 Å². The van der Waals surface area contributed by atoms with Crippen molar-refractivity contribution in [2.75, 3.05) is 0 Å². The van der Waals surface area contributed by atoms with Gasteiger partial charge < -0.3 is 5.11 Å². The maximum absolute atomic E-state index is 13.0. The first-order valence-corrected chi connectivity index (χ1v) is 11.6. The molecule has 0 aliphatic heterocycles. The van der Waals surface area contributed by atoms with Crippen LogP contribution in [0.5, 0.6) is 0 Å². The number of rotatable bonds is 3. The van der Waals surface area contributed by atoms with Gasteiger partial charge in [-0.3, -0.25) is 9.48 Å². The van der Waals surface area contributed by atoms with Crippen molar-refractivity contribution in [2.45, 2.75) is 38.1 Å². The van der Waals surface area contributed by atoms with Crippen molar-refractivity contribution < 1.29 is 9.90 Å². The van der Waals surface area contributed by atoms with Gasteiger partial charge in [-0.05, 0) is 54.0 Å². The molecule has 5 rings (SSSR count). The van der Waals surface area contributed by atoms with Gasteiger partial charge in [0.1, 0.15) is 0 Å². The molecule has 3 atom stereocenters. The average molecular weight is 477 g/mol. The molecule has 4 nitrogen and oxygen atoms in total. The standard InChI is InChI=1S/C26H25BrN2O2/c1-17-23-12-9-19-14-28-29(15-18-7-10-22(27)11-8-18)25(19)26(23,13-20(16-30)24(17)31)21-5-3-2-4-6-21/h2-8,10-11,14,16-17,23,30H,9,12-13,15H2,1H3/t17-,23-,26+/m0/s1. The van der Waals surface area contributed by atoms with Gasteiger partial charge in [0.15, 0.2) is 5.78 Å². The fraction of sp³-hybridized carbons (Fsp3) is 0.308. The molecule has 0 spiro atoms. The van der Waals surface area contributed by atoms with Crippen LogP contribution in [0.15, 0.2) is 77.1 Å². The fourth-order valence-electron chi connectivity index (χ4n) is 5.79. The highest BCUT2D eigenvalue weighted by Gasteiger charge is 2.55. The van der Waals surface area contributed by atoms with E-state index in [0.29, 0.717) is 18.5 Å². The summed E-state index contributed by atoms with van der Waals surface area (Å²) in [6.07, 6.45) is 5.39. The van der Waals surface area contributed by atoms with Crippen LogP contribution >= 0.6 is 15.9 Å². The molecule has 1 heterocycles. The molecular weight excluding hydrogens is 452 g/mol. The number of carbonyl (C=O) groups is 1. The number of halogens is 1. The summed E-state index contributed by atoms with van der Waals surface area (Å²) in [6.45, 7) is 2.69. The van der Waals surface area contributed by atoms with Crippen LogP contribution in [-0.4, -0.2) is 20.7 Å². The molecule has 2 aliphatic rings. The Labute approximate surface area is 190 Å². The number of ketones is 1. The molecule has 0 unspecified atom stereocenters. The van der Waals surface area contributed by atoms with Crippen LogP contribution in [0.1, 0.15) is 42.1 Å². The molecule has 2 aromatic carbocycles. The zero-order chi connectivity index (χ0) is 21.6.